The molecule has 2 aromatic carbocycles. The molecule has 1 aliphatic heterocycles. The Hall–Kier alpha value is -4.47. The molecule has 3 N–H and O–H groups in total. The van der Waals surface area contributed by atoms with E-state index >= 15 is 0 Å². The highest BCUT2D eigenvalue weighted by atomic mass is 32.1. The number of ether oxygens (including phenoxy) is 2. The molecule has 2 saturated carbocycles. The molecule has 0 bridgehead atoms. The third kappa shape index (κ3) is 9.64. The molecule has 3 fully saturated rings. The minimum Gasteiger partial charge on any atom is -0.394 e. The number of nitrogens with zero attached hydrogens (tertiary/aromatic N) is 5. The minimum absolute atomic E-state index is 0.0664. The molecule has 5 aromatic rings. The van der Waals surface area contributed by atoms with E-state index in [-0.39, 0.29) is 48.8 Å². The van der Waals surface area contributed by atoms with Crippen molar-refractivity contribution in [2.75, 3.05) is 31.8 Å². The van der Waals surface area contributed by atoms with E-state index in [0.29, 0.717) is 24.3 Å². The van der Waals surface area contributed by atoms with Gasteiger partial charge in [-0.25, -0.2) is 0 Å². The summed E-state index contributed by atoms with van der Waals surface area (Å²) in [7, 11) is 1.76. The lowest BCUT2D eigenvalue weighted by Crippen LogP contribution is -2.39. The molecule has 3 aliphatic rings. The van der Waals surface area contributed by atoms with Crippen LogP contribution in [0.4, 0.5) is 5.69 Å². The van der Waals surface area contributed by atoms with E-state index in [9.17, 15) is 14.7 Å². The van der Waals surface area contributed by atoms with Gasteiger partial charge in [-0.3, -0.25) is 24.2 Å². The fourth-order valence-electron chi connectivity index (χ4n) is 8.50. The van der Waals surface area contributed by atoms with Gasteiger partial charge in [0, 0.05) is 66.7 Å². The largest absolute Gasteiger partial charge is 0.394 e. The number of hydrogen-bond donors (Lipinski definition) is 3. The number of carbonyl (C=O) groups excluding carboxylic acids is 2. The summed E-state index contributed by atoms with van der Waals surface area (Å²) in [5.41, 5.74) is 9.63. The lowest BCUT2D eigenvalue weighted by atomic mass is 9.92. The number of nitrogens with one attached hydrogen (secondary N) is 2. The van der Waals surface area contributed by atoms with Crippen LogP contribution in [0.1, 0.15) is 84.9 Å². The summed E-state index contributed by atoms with van der Waals surface area (Å²) in [4.78, 5) is 39.9. The monoisotopic (exact) mass is 809 g/mol. The summed E-state index contributed by atoms with van der Waals surface area (Å²) in [6.45, 7) is 2.10. The van der Waals surface area contributed by atoms with Crippen LogP contribution in [0.15, 0.2) is 72.2 Å². The molecule has 2 aliphatic carbocycles. The van der Waals surface area contributed by atoms with E-state index in [1.807, 2.05) is 53.7 Å². The smallest absolute Gasteiger partial charge is 0.251 e. The number of methoxy groups -OCH3 is 1. The highest BCUT2D eigenvalue weighted by molar-refractivity contribution is 7.13. The van der Waals surface area contributed by atoms with Crippen LogP contribution in [0, 0.1) is 0 Å². The second kappa shape index (κ2) is 18.4. The molecule has 1 saturated heterocycles. The molecule has 0 radical (unpaired) electrons. The highest BCUT2D eigenvalue weighted by Crippen LogP contribution is 2.34. The molecule has 12 nitrogen and oxygen atoms in total. The Balaban J connectivity index is 0.844. The molecule has 4 heterocycles. The maximum atomic E-state index is 13.6. The van der Waals surface area contributed by atoms with Crippen LogP contribution in [0.25, 0.3) is 32.0 Å². The summed E-state index contributed by atoms with van der Waals surface area (Å²) in [6, 6.07) is 12.3. The molecule has 300 valence electrons. The standard InChI is InChI=1S/C43H51N7O5S2/c1-54-38-8-4-34(5-9-38)47-42(52)31-16-28(15-29(17-31)40-22-44-26-56-40)33-21-46-49(24-33)13-14-55-39-10-6-35(7-11-39)48-43(53)32-18-30(41-23-45-27-57-41)19-37(20-32)50-12-2-3-36(50)25-51/h15-24,26-27,34-36,38-39,51H,2-14,25H2,1H3,(H,47,52)(H,48,53)/t34?,35?,36-,38?,39?/m1/s1. The minimum atomic E-state index is -0.0728. The van der Waals surface area contributed by atoms with Crippen molar-refractivity contribution in [3.05, 3.63) is 83.3 Å². The van der Waals surface area contributed by atoms with Gasteiger partial charge in [-0.15, -0.1) is 22.7 Å². The van der Waals surface area contributed by atoms with Gasteiger partial charge in [-0.05, 0) is 117 Å². The first-order valence-electron chi connectivity index (χ1n) is 20.2. The van der Waals surface area contributed by atoms with Gasteiger partial charge >= 0.3 is 0 Å². The number of amides is 2. The van der Waals surface area contributed by atoms with Crippen molar-refractivity contribution in [1.29, 1.82) is 0 Å². The zero-order valence-electron chi connectivity index (χ0n) is 32.3. The van der Waals surface area contributed by atoms with Gasteiger partial charge in [0.15, 0.2) is 0 Å². The topological polar surface area (TPSA) is 144 Å². The maximum absolute atomic E-state index is 13.6. The fourth-order valence-corrected chi connectivity index (χ4v) is 9.72. The predicted octanol–water partition coefficient (Wildman–Crippen LogP) is 7.20. The maximum Gasteiger partial charge on any atom is 0.251 e. The Morgan fingerprint density at radius 3 is 1.98 bits per heavy atom. The zero-order chi connectivity index (χ0) is 39.1. The second-order valence-corrected chi connectivity index (χ2v) is 17.2. The van der Waals surface area contributed by atoms with Crippen LogP contribution in [-0.4, -0.2) is 93.9 Å². The summed E-state index contributed by atoms with van der Waals surface area (Å²) < 4.78 is 13.7. The van der Waals surface area contributed by atoms with Crippen molar-refractivity contribution in [3.8, 4) is 32.0 Å². The SMILES string of the molecule is COC1CCC(NC(=O)c2cc(-c3cnn(CCOC4CCC(NC(=O)c5cc(-c6cncs6)cc(N6CCC[C@@H]6CO)c5)CC4)c3)cc(-c3cncs3)c2)CC1. The quantitative estimate of drug-likeness (QED) is 0.106. The van der Waals surface area contributed by atoms with Gasteiger partial charge < -0.3 is 30.1 Å². The van der Waals surface area contributed by atoms with Gasteiger partial charge in [-0.1, -0.05) is 0 Å². The molecule has 8 rings (SSSR count). The van der Waals surface area contributed by atoms with Crippen LogP contribution in [0.3, 0.4) is 0 Å². The Labute approximate surface area is 341 Å². The van der Waals surface area contributed by atoms with Gasteiger partial charge in [-0.2, -0.15) is 5.10 Å². The van der Waals surface area contributed by atoms with Crippen molar-refractivity contribution in [2.24, 2.45) is 0 Å². The number of aliphatic hydroxyl groups excluding tert-OH is 1. The molecular formula is C43H51N7O5S2. The van der Waals surface area contributed by atoms with E-state index in [0.717, 1.165) is 108 Å². The number of benzene rings is 2. The fraction of sp³-hybridized carbons (Fsp3) is 0.465. The molecule has 0 spiro atoms. The molecule has 14 heteroatoms. The lowest BCUT2D eigenvalue weighted by Gasteiger charge is -2.29. The van der Waals surface area contributed by atoms with E-state index in [4.69, 9.17) is 9.47 Å². The third-order valence-corrected chi connectivity index (χ3v) is 13.4. The number of hydrogen-bond acceptors (Lipinski definition) is 11. The molecule has 2 amide bonds. The number of carbonyl (C=O) groups is 2. The van der Waals surface area contributed by atoms with Crippen LogP contribution >= 0.6 is 22.7 Å². The molecule has 1 atom stereocenters. The van der Waals surface area contributed by atoms with Gasteiger partial charge in [0.05, 0.1) is 65.0 Å². The van der Waals surface area contributed by atoms with Crippen molar-refractivity contribution < 1.29 is 24.2 Å². The van der Waals surface area contributed by atoms with Gasteiger partial charge in [0.1, 0.15) is 0 Å². The third-order valence-electron chi connectivity index (χ3n) is 11.7. The number of aromatic nitrogens is 4. The zero-order valence-corrected chi connectivity index (χ0v) is 34.0. The van der Waals surface area contributed by atoms with E-state index in [1.165, 1.54) is 0 Å². The Bertz CT molecular complexity index is 2090. The first-order chi connectivity index (χ1) is 27.9. The first kappa shape index (κ1) is 39.4. The number of aliphatic hydroxyl groups is 1. The summed E-state index contributed by atoms with van der Waals surface area (Å²) >= 11 is 3.10. The van der Waals surface area contributed by atoms with Crippen molar-refractivity contribution in [1.82, 2.24) is 30.4 Å². The lowest BCUT2D eigenvalue weighted by molar-refractivity contribution is 0.0172. The Kier molecular flexibility index (Phi) is 12.7. The Morgan fingerprint density at radius 2 is 1.37 bits per heavy atom. The molecule has 0 unspecified atom stereocenters. The Morgan fingerprint density at radius 1 is 0.754 bits per heavy atom. The van der Waals surface area contributed by atoms with E-state index in [1.54, 1.807) is 40.8 Å². The normalized spacial score (nSPS) is 22.4. The van der Waals surface area contributed by atoms with E-state index < -0.39 is 0 Å². The first-order valence-corrected chi connectivity index (χ1v) is 21.9. The predicted molar refractivity (Wildman–Crippen MR) is 224 cm³/mol. The van der Waals surface area contributed by atoms with Crippen molar-refractivity contribution in [2.45, 2.75) is 101 Å². The molecule has 57 heavy (non-hydrogen) atoms. The van der Waals surface area contributed by atoms with Crippen LogP contribution in [0.2, 0.25) is 0 Å². The van der Waals surface area contributed by atoms with Crippen molar-refractivity contribution in [3.63, 3.8) is 0 Å². The van der Waals surface area contributed by atoms with Crippen LogP contribution < -0.4 is 15.5 Å². The molecular weight excluding hydrogens is 759 g/mol. The van der Waals surface area contributed by atoms with E-state index in [2.05, 4.69) is 42.7 Å². The number of thiazole rings is 2. The number of rotatable bonds is 14. The second-order valence-electron chi connectivity index (χ2n) is 15.5. The number of anilines is 1. The van der Waals surface area contributed by atoms with Crippen molar-refractivity contribution >= 4 is 40.2 Å². The van der Waals surface area contributed by atoms with Crippen LogP contribution in [0.5, 0.6) is 0 Å². The summed E-state index contributed by atoms with van der Waals surface area (Å²) in [6.07, 6.45) is 17.1. The van der Waals surface area contributed by atoms with Gasteiger partial charge in [0.25, 0.3) is 11.8 Å². The molecule has 3 aromatic heterocycles. The van der Waals surface area contributed by atoms with Gasteiger partial charge in [0.2, 0.25) is 0 Å². The highest BCUT2D eigenvalue weighted by Gasteiger charge is 2.28. The van der Waals surface area contributed by atoms with Crippen LogP contribution in [-0.2, 0) is 16.0 Å². The summed E-state index contributed by atoms with van der Waals surface area (Å²) in [5.74, 6) is -0.139. The summed E-state index contributed by atoms with van der Waals surface area (Å²) in [5, 5.41) is 21.2. The average Bonchev–Trinajstić information content (AvgIpc) is 4.10. The average molecular weight is 810 g/mol.